The molecule has 13 heavy (non-hydrogen) atoms. The summed E-state index contributed by atoms with van der Waals surface area (Å²) in [6.45, 7) is 1.59. The Kier molecular flexibility index (Phi) is 2.04. The molecule has 0 radical (unpaired) electrons. The van der Waals surface area contributed by atoms with Gasteiger partial charge in [-0.2, -0.15) is 0 Å². The minimum Gasteiger partial charge on any atom is -0.294 e. The van der Waals surface area contributed by atoms with Crippen molar-refractivity contribution in [3.05, 3.63) is 34.1 Å². The van der Waals surface area contributed by atoms with Gasteiger partial charge in [-0.25, -0.2) is 0 Å². The molecule has 2 rings (SSSR count). The topological polar surface area (TPSA) is 30.0 Å². The summed E-state index contributed by atoms with van der Waals surface area (Å²) in [5.74, 6) is 0.110. The Hall–Kier alpha value is -0.960. The number of pyridine rings is 1. The summed E-state index contributed by atoms with van der Waals surface area (Å²) in [5, 5.41) is 0. The fraction of sp³-hybridized carbons (Fsp3) is 0.200. The van der Waals surface area contributed by atoms with Gasteiger partial charge in [-0.15, -0.1) is 0 Å². The van der Waals surface area contributed by atoms with Crippen molar-refractivity contribution in [2.24, 2.45) is 0 Å². The van der Waals surface area contributed by atoms with Gasteiger partial charge < -0.3 is 0 Å². The standard InChI is InChI=1S/C10H8BrNO/c1-6(13)8-2-3-10-9(8)4-7(11)5-12-10/h2,4-5H,3H2,1H3. The van der Waals surface area contributed by atoms with E-state index in [4.69, 9.17) is 0 Å². The molecular weight excluding hydrogens is 230 g/mol. The second-order valence-electron chi connectivity index (χ2n) is 3.03. The number of ketones is 1. The number of halogens is 1. The van der Waals surface area contributed by atoms with Crippen LogP contribution in [0.15, 0.2) is 22.8 Å². The summed E-state index contributed by atoms with van der Waals surface area (Å²) in [5.41, 5.74) is 2.76. The molecule has 0 atom stereocenters. The summed E-state index contributed by atoms with van der Waals surface area (Å²) in [4.78, 5) is 15.4. The van der Waals surface area contributed by atoms with Crippen molar-refractivity contribution in [2.75, 3.05) is 0 Å². The zero-order chi connectivity index (χ0) is 9.42. The van der Waals surface area contributed by atoms with E-state index >= 15 is 0 Å². The number of nitrogens with zero attached hydrogens (tertiary/aromatic N) is 1. The lowest BCUT2D eigenvalue weighted by molar-refractivity contribution is -0.111. The van der Waals surface area contributed by atoms with Gasteiger partial charge in [-0.1, -0.05) is 6.08 Å². The summed E-state index contributed by atoms with van der Waals surface area (Å²) in [7, 11) is 0. The van der Waals surface area contributed by atoms with Crippen molar-refractivity contribution in [2.45, 2.75) is 13.3 Å². The van der Waals surface area contributed by atoms with Crippen molar-refractivity contribution >= 4 is 27.3 Å². The summed E-state index contributed by atoms with van der Waals surface area (Å²) < 4.78 is 0.917. The molecule has 0 aliphatic heterocycles. The molecule has 0 saturated carbocycles. The highest BCUT2D eigenvalue weighted by atomic mass is 79.9. The van der Waals surface area contributed by atoms with Crippen LogP contribution in [0.25, 0.3) is 5.57 Å². The van der Waals surface area contributed by atoms with Crippen LogP contribution in [0, 0.1) is 0 Å². The Morgan fingerprint density at radius 2 is 2.38 bits per heavy atom. The largest absolute Gasteiger partial charge is 0.294 e. The average Bonchev–Trinajstić information content (AvgIpc) is 2.46. The molecule has 0 spiro atoms. The molecule has 1 aliphatic rings. The summed E-state index contributed by atoms with van der Waals surface area (Å²) in [6, 6.07) is 1.95. The molecule has 3 heteroatoms. The highest BCUT2D eigenvalue weighted by Crippen LogP contribution is 2.28. The third-order valence-electron chi connectivity index (χ3n) is 2.11. The fourth-order valence-electron chi connectivity index (χ4n) is 1.51. The van der Waals surface area contributed by atoms with Crippen LogP contribution in [0.1, 0.15) is 18.2 Å². The van der Waals surface area contributed by atoms with Crippen molar-refractivity contribution in [3.8, 4) is 0 Å². The molecular formula is C10H8BrNO. The fourth-order valence-corrected chi connectivity index (χ4v) is 1.84. The van der Waals surface area contributed by atoms with E-state index in [1.54, 1.807) is 13.1 Å². The molecule has 66 valence electrons. The number of aromatic nitrogens is 1. The highest BCUT2D eigenvalue weighted by Gasteiger charge is 2.18. The molecule has 1 aliphatic carbocycles. The van der Waals surface area contributed by atoms with Crippen molar-refractivity contribution in [3.63, 3.8) is 0 Å². The van der Waals surface area contributed by atoms with Crippen LogP contribution < -0.4 is 0 Å². The normalized spacial score (nSPS) is 13.8. The lowest BCUT2D eigenvalue weighted by Gasteiger charge is -2.01. The molecule has 1 aromatic heterocycles. The summed E-state index contributed by atoms with van der Waals surface area (Å²) >= 11 is 3.34. The van der Waals surface area contributed by atoms with E-state index < -0.39 is 0 Å². The van der Waals surface area contributed by atoms with Gasteiger partial charge >= 0.3 is 0 Å². The number of carbonyl (C=O) groups is 1. The number of Topliss-reactive ketones (excluding diaryl/α,β-unsaturated/α-hetero) is 1. The van der Waals surface area contributed by atoms with Crippen molar-refractivity contribution in [1.29, 1.82) is 0 Å². The smallest absolute Gasteiger partial charge is 0.160 e. The Labute approximate surface area is 84.8 Å². The lowest BCUT2D eigenvalue weighted by atomic mass is 10.1. The number of rotatable bonds is 1. The monoisotopic (exact) mass is 237 g/mol. The highest BCUT2D eigenvalue weighted by molar-refractivity contribution is 9.10. The SMILES string of the molecule is CC(=O)C1=CCc2ncc(Br)cc21. The molecule has 0 amide bonds. The maximum absolute atomic E-state index is 11.2. The third-order valence-corrected chi connectivity index (χ3v) is 2.54. The van der Waals surface area contributed by atoms with E-state index in [-0.39, 0.29) is 5.78 Å². The predicted octanol–water partition coefficient (Wildman–Crippen LogP) is 2.37. The number of allylic oxidation sites excluding steroid dienone is 2. The summed E-state index contributed by atoms with van der Waals surface area (Å²) in [6.07, 6.45) is 4.47. The zero-order valence-corrected chi connectivity index (χ0v) is 8.76. The molecule has 1 heterocycles. The minimum atomic E-state index is 0.110. The Morgan fingerprint density at radius 1 is 1.62 bits per heavy atom. The van der Waals surface area contributed by atoms with Crippen LogP contribution in [0.2, 0.25) is 0 Å². The Bertz CT molecular complexity index is 409. The zero-order valence-electron chi connectivity index (χ0n) is 7.17. The van der Waals surface area contributed by atoms with E-state index in [0.29, 0.717) is 0 Å². The van der Waals surface area contributed by atoms with Gasteiger partial charge in [-0.3, -0.25) is 9.78 Å². The Morgan fingerprint density at radius 3 is 3.08 bits per heavy atom. The third kappa shape index (κ3) is 1.44. The van der Waals surface area contributed by atoms with E-state index in [1.165, 1.54) is 0 Å². The quantitative estimate of drug-likeness (QED) is 0.751. The van der Waals surface area contributed by atoms with Crippen LogP contribution in [0.5, 0.6) is 0 Å². The maximum atomic E-state index is 11.2. The maximum Gasteiger partial charge on any atom is 0.160 e. The van der Waals surface area contributed by atoms with Crippen molar-refractivity contribution in [1.82, 2.24) is 4.98 Å². The first-order valence-corrected chi connectivity index (χ1v) is 4.83. The van der Waals surface area contributed by atoms with E-state index in [9.17, 15) is 4.79 Å². The molecule has 0 aromatic carbocycles. The second-order valence-corrected chi connectivity index (χ2v) is 3.94. The predicted molar refractivity (Wildman–Crippen MR) is 54.3 cm³/mol. The molecule has 0 N–H and O–H groups in total. The van der Waals surface area contributed by atoms with Crippen LogP contribution in [-0.4, -0.2) is 10.8 Å². The molecule has 0 bridgehead atoms. The van der Waals surface area contributed by atoms with Gasteiger partial charge in [0, 0.05) is 28.2 Å². The molecule has 0 unspecified atom stereocenters. The van der Waals surface area contributed by atoms with Crippen LogP contribution in [0.4, 0.5) is 0 Å². The molecule has 2 nitrogen and oxygen atoms in total. The number of hydrogen-bond donors (Lipinski definition) is 0. The average molecular weight is 238 g/mol. The molecule has 0 fully saturated rings. The Balaban J connectivity index is 2.54. The van der Waals surface area contributed by atoms with Gasteiger partial charge in [0.1, 0.15) is 0 Å². The van der Waals surface area contributed by atoms with Crippen LogP contribution in [0.3, 0.4) is 0 Å². The van der Waals surface area contributed by atoms with Gasteiger partial charge in [0.15, 0.2) is 5.78 Å². The van der Waals surface area contributed by atoms with Gasteiger partial charge in [0.05, 0.1) is 5.69 Å². The lowest BCUT2D eigenvalue weighted by Crippen LogP contribution is -1.95. The molecule has 1 aromatic rings. The van der Waals surface area contributed by atoms with Crippen LogP contribution in [-0.2, 0) is 11.2 Å². The number of fused-ring (bicyclic) bond motifs is 1. The first-order chi connectivity index (χ1) is 6.18. The van der Waals surface area contributed by atoms with E-state index in [2.05, 4.69) is 20.9 Å². The van der Waals surface area contributed by atoms with E-state index in [0.717, 1.165) is 27.7 Å². The first kappa shape index (κ1) is 8.63. The van der Waals surface area contributed by atoms with Crippen LogP contribution >= 0.6 is 15.9 Å². The van der Waals surface area contributed by atoms with E-state index in [1.807, 2.05) is 12.1 Å². The molecule has 0 saturated heterocycles. The number of hydrogen-bond acceptors (Lipinski definition) is 2. The number of carbonyl (C=O) groups excluding carboxylic acids is 1. The minimum absolute atomic E-state index is 0.110. The van der Waals surface area contributed by atoms with Crippen molar-refractivity contribution < 1.29 is 4.79 Å². The first-order valence-electron chi connectivity index (χ1n) is 4.04. The van der Waals surface area contributed by atoms with Gasteiger partial charge in [-0.05, 0) is 28.9 Å². The second kappa shape index (κ2) is 3.07. The van der Waals surface area contributed by atoms with Gasteiger partial charge in [0.25, 0.3) is 0 Å². The van der Waals surface area contributed by atoms with Gasteiger partial charge in [0.2, 0.25) is 0 Å².